The molecule has 0 aliphatic rings. The number of rotatable bonds is 15. The number of amides is 2. The van der Waals surface area contributed by atoms with Crippen LogP contribution in [0.15, 0.2) is 132 Å². The van der Waals surface area contributed by atoms with Gasteiger partial charge in [0.05, 0.1) is 19.1 Å². The van der Waals surface area contributed by atoms with Gasteiger partial charge in [0, 0.05) is 24.3 Å². The van der Waals surface area contributed by atoms with Gasteiger partial charge < -0.3 is 24.4 Å². The van der Waals surface area contributed by atoms with Crippen LogP contribution < -0.4 is 24.2 Å². The van der Waals surface area contributed by atoms with Crippen LogP contribution in [0, 0.1) is 5.82 Å². The number of nitrogens with one attached hydrogen (secondary N) is 2. The number of halogens is 1. The first-order valence-corrected chi connectivity index (χ1v) is 17.0. The lowest BCUT2D eigenvalue weighted by molar-refractivity contribution is -0.143. The molecule has 0 fully saturated rings. The Balaban J connectivity index is 1.37. The van der Waals surface area contributed by atoms with Gasteiger partial charge in [-0.3, -0.25) is 14.3 Å². The molecular formula is C38H36FN3O7S. The summed E-state index contributed by atoms with van der Waals surface area (Å²) in [5, 5.41) is 2.97. The summed E-state index contributed by atoms with van der Waals surface area (Å²) < 4.78 is 57.9. The molecular weight excluding hydrogens is 661 g/mol. The molecule has 0 heterocycles. The number of carbonyl (C=O) groups is 2. The molecule has 10 nitrogen and oxygen atoms in total. The predicted octanol–water partition coefficient (Wildman–Crippen LogP) is 6.11. The lowest BCUT2D eigenvalue weighted by Crippen LogP contribution is -2.45. The molecule has 5 aromatic carbocycles. The van der Waals surface area contributed by atoms with Gasteiger partial charge in [-0.05, 0) is 77.9 Å². The zero-order valence-corrected chi connectivity index (χ0v) is 28.2. The minimum atomic E-state index is -3.97. The van der Waals surface area contributed by atoms with Crippen LogP contribution in [-0.4, -0.2) is 46.0 Å². The van der Waals surface area contributed by atoms with Gasteiger partial charge in [0.15, 0.2) is 6.61 Å². The highest BCUT2D eigenvalue weighted by Gasteiger charge is 2.32. The molecule has 5 rings (SSSR count). The van der Waals surface area contributed by atoms with Gasteiger partial charge in [0.1, 0.15) is 29.1 Å². The van der Waals surface area contributed by atoms with Crippen molar-refractivity contribution in [1.29, 1.82) is 0 Å². The molecule has 2 N–H and O–H groups in total. The Hall–Kier alpha value is -5.88. The largest absolute Gasteiger partial charge is 0.497 e. The van der Waals surface area contributed by atoms with Crippen LogP contribution in [0.5, 0.6) is 17.2 Å². The fraction of sp³-hybridized carbons (Fsp3) is 0.158. The van der Waals surface area contributed by atoms with E-state index in [2.05, 4.69) is 10.0 Å². The number of hydrogen-bond donors (Lipinski definition) is 2. The molecule has 0 radical (unpaired) electrons. The number of carbonyl (C=O) groups excluding carboxylic acids is 2. The summed E-state index contributed by atoms with van der Waals surface area (Å²) in [6, 6.07) is 32.9. The van der Waals surface area contributed by atoms with Crippen molar-refractivity contribution in [3.05, 3.63) is 150 Å². The fourth-order valence-corrected chi connectivity index (χ4v) is 6.22. The van der Waals surface area contributed by atoms with Crippen molar-refractivity contribution in [3.8, 4) is 17.2 Å². The smallest absolute Gasteiger partial charge is 0.261 e. The number of nitrogens with zero attached hydrogens (tertiary/aromatic N) is 1. The van der Waals surface area contributed by atoms with Gasteiger partial charge in [-0.15, -0.1) is 0 Å². The molecule has 0 saturated carbocycles. The van der Waals surface area contributed by atoms with Crippen LogP contribution in [-0.2, 0) is 32.7 Å². The van der Waals surface area contributed by atoms with E-state index < -0.39 is 40.3 Å². The third-order valence-electron chi connectivity index (χ3n) is 7.75. The minimum Gasteiger partial charge on any atom is -0.497 e. The summed E-state index contributed by atoms with van der Waals surface area (Å²) in [7, 11) is -0.858. The number of ether oxygens (including phenoxy) is 3. The second-order valence-corrected chi connectivity index (χ2v) is 12.8. The molecule has 0 aromatic heterocycles. The number of para-hydroxylation sites is 1. The van der Waals surface area contributed by atoms with Gasteiger partial charge in [-0.1, -0.05) is 60.7 Å². The van der Waals surface area contributed by atoms with Crippen LogP contribution in [0.1, 0.15) is 22.7 Å². The molecule has 1 atom stereocenters. The summed E-state index contributed by atoms with van der Waals surface area (Å²) in [5.74, 6) is 0.107. The molecule has 0 aliphatic carbocycles. The highest BCUT2D eigenvalue weighted by molar-refractivity contribution is 7.92. The van der Waals surface area contributed by atoms with Crippen molar-refractivity contribution < 1.29 is 36.6 Å². The summed E-state index contributed by atoms with van der Waals surface area (Å²) in [6.45, 7) is -0.211. The maximum Gasteiger partial charge on any atom is 0.261 e. The molecule has 0 unspecified atom stereocenters. The van der Waals surface area contributed by atoms with Crippen molar-refractivity contribution in [2.24, 2.45) is 0 Å². The van der Waals surface area contributed by atoms with Crippen molar-refractivity contribution in [3.63, 3.8) is 0 Å². The van der Waals surface area contributed by atoms with E-state index >= 15 is 0 Å². The number of methoxy groups -OCH3 is 2. The summed E-state index contributed by atoms with van der Waals surface area (Å²) in [4.78, 5) is 29.4. The second kappa shape index (κ2) is 16.5. The van der Waals surface area contributed by atoms with Crippen LogP contribution in [0.4, 0.5) is 10.1 Å². The van der Waals surface area contributed by atoms with Gasteiger partial charge in [0.25, 0.3) is 15.9 Å². The van der Waals surface area contributed by atoms with Crippen LogP contribution in [0.3, 0.4) is 0 Å². The van der Waals surface area contributed by atoms with E-state index in [9.17, 15) is 22.4 Å². The molecule has 5 aromatic rings. The van der Waals surface area contributed by atoms with Crippen LogP contribution in [0.2, 0.25) is 0 Å². The van der Waals surface area contributed by atoms with E-state index in [1.807, 2.05) is 36.4 Å². The Kier molecular flexibility index (Phi) is 11.7. The Morgan fingerprint density at radius 3 is 2.06 bits per heavy atom. The van der Waals surface area contributed by atoms with E-state index in [0.29, 0.717) is 17.1 Å². The van der Waals surface area contributed by atoms with E-state index in [-0.39, 0.29) is 29.4 Å². The molecule has 50 heavy (non-hydrogen) atoms. The van der Waals surface area contributed by atoms with Crippen molar-refractivity contribution in [2.75, 3.05) is 25.5 Å². The van der Waals surface area contributed by atoms with E-state index in [1.54, 1.807) is 56.7 Å². The Labute approximate surface area is 290 Å². The summed E-state index contributed by atoms with van der Waals surface area (Å²) >= 11 is 0. The lowest BCUT2D eigenvalue weighted by Gasteiger charge is -2.31. The second-order valence-electron chi connectivity index (χ2n) is 11.1. The Morgan fingerprint density at radius 2 is 1.40 bits per heavy atom. The van der Waals surface area contributed by atoms with E-state index in [1.165, 1.54) is 41.3 Å². The lowest BCUT2D eigenvalue weighted by atomic mass is 10.0. The van der Waals surface area contributed by atoms with Gasteiger partial charge >= 0.3 is 0 Å². The SMILES string of the molecule is COc1ccc(CN(C(=O)COc2ccc(S(=O)(=O)Nc3ccc(F)cc3)cc2)[C@@H](C(=O)NCc2ccccc2OC)c2ccccc2)cc1. The van der Waals surface area contributed by atoms with Gasteiger partial charge in [0.2, 0.25) is 5.91 Å². The van der Waals surface area contributed by atoms with E-state index in [0.717, 1.165) is 23.3 Å². The van der Waals surface area contributed by atoms with Crippen molar-refractivity contribution >= 4 is 27.5 Å². The maximum atomic E-state index is 14.0. The number of benzene rings is 5. The molecule has 2 amide bonds. The zero-order chi connectivity index (χ0) is 35.5. The summed E-state index contributed by atoms with van der Waals surface area (Å²) in [6.07, 6.45) is 0. The minimum absolute atomic E-state index is 0.0579. The molecule has 0 bridgehead atoms. The third-order valence-corrected chi connectivity index (χ3v) is 9.14. The zero-order valence-electron chi connectivity index (χ0n) is 27.4. The number of anilines is 1. The first-order valence-electron chi connectivity index (χ1n) is 15.5. The molecule has 12 heteroatoms. The highest BCUT2D eigenvalue weighted by Crippen LogP contribution is 2.27. The topological polar surface area (TPSA) is 123 Å². The first-order chi connectivity index (χ1) is 24.2. The fourth-order valence-electron chi connectivity index (χ4n) is 5.16. The van der Waals surface area contributed by atoms with Crippen LogP contribution >= 0.6 is 0 Å². The Bertz CT molecular complexity index is 1990. The predicted molar refractivity (Wildman–Crippen MR) is 187 cm³/mol. The average Bonchev–Trinajstić information content (AvgIpc) is 3.14. The normalized spacial score (nSPS) is 11.6. The third kappa shape index (κ3) is 9.17. The Morgan fingerprint density at radius 1 is 0.760 bits per heavy atom. The van der Waals surface area contributed by atoms with Crippen molar-refractivity contribution in [1.82, 2.24) is 10.2 Å². The summed E-state index contributed by atoms with van der Waals surface area (Å²) in [5.41, 5.74) is 2.31. The molecule has 0 spiro atoms. The maximum absolute atomic E-state index is 14.0. The molecule has 0 aliphatic heterocycles. The number of hydrogen-bond acceptors (Lipinski definition) is 7. The average molecular weight is 698 g/mol. The standard InChI is InChI=1S/C38H36FN3O7S/c1-47-32-18-12-27(13-19-32)25-42(37(28-8-4-3-5-9-28)38(44)40-24-29-10-6-7-11-35(29)48-2)36(43)26-49-33-20-22-34(23-21-33)50(45,46)41-31-16-14-30(39)15-17-31/h3-23,37,41H,24-26H2,1-2H3,(H,40,44)/t37-/m1/s1. The quantitative estimate of drug-likeness (QED) is 0.135. The number of sulfonamides is 1. The highest BCUT2D eigenvalue weighted by atomic mass is 32.2. The molecule has 0 saturated heterocycles. The van der Waals surface area contributed by atoms with E-state index in [4.69, 9.17) is 14.2 Å². The molecule has 258 valence electrons. The van der Waals surface area contributed by atoms with Gasteiger partial charge in [-0.25, -0.2) is 12.8 Å². The van der Waals surface area contributed by atoms with Crippen molar-refractivity contribution in [2.45, 2.75) is 24.0 Å². The van der Waals surface area contributed by atoms with Gasteiger partial charge in [-0.2, -0.15) is 0 Å². The monoisotopic (exact) mass is 697 g/mol. The van der Waals surface area contributed by atoms with Crippen LogP contribution in [0.25, 0.3) is 0 Å². The first kappa shape index (κ1) is 35.4.